The zero-order valence-electron chi connectivity index (χ0n) is 8.57. The molecule has 0 bridgehead atoms. The summed E-state index contributed by atoms with van der Waals surface area (Å²) in [5, 5.41) is 8.51. The number of hydrogen-bond acceptors (Lipinski definition) is 5. The molecule has 0 aromatic rings. The summed E-state index contributed by atoms with van der Waals surface area (Å²) < 4.78 is 9.91. The Morgan fingerprint density at radius 1 is 1.43 bits per heavy atom. The van der Waals surface area contributed by atoms with Crippen LogP contribution in [-0.2, 0) is 14.3 Å². The van der Waals surface area contributed by atoms with Gasteiger partial charge in [-0.05, 0) is 12.8 Å². The van der Waals surface area contributed by atoms with Gasteiger partial charge in [-0.25, -0.2) is 0 Å². The fourth-order valence-corrected chi connectivity index (χ4v) is 0.812. The van der Waals surface area contributed by atoms with E-state index in [0.29, 0.717) is 13.2 Å². The van der Waals surface area contributed by atoms with Gasteiger partial charge in [-0.1, -0.05) is 6.92 Å². The van der Waals surface area contributed by atoms with Crippen molar-refractivity contribution in [2.75, 3.05) is 26.4 Å². The monoisotopic (exact) mass is 205 g/mol. The van der Waals surface area contributed by atoms with Crippen LogP contribution in [0.4, 0.5) is 0 Å². The normalized spacial score (nSPS) is 12.5. The molecule has 0 saturated heterocycles. The second-order valence-corrected chi connectivity index (χ2v) is 2.90. The van der Waals surface area contributed by atoms with Gasteiger partial charge in [-0.3, -0.25) is 4.79 Å². The Morgan fingerprint density at radius 3 is 2.71 bits per heavy atom. The van der Waals surface area contributed by atoms with Crippen molar-refractivity contribution in [2.45, 2.75) is 25.8 Å². The SMILES string of the molecule is CCCOCCOC(=O)[C@H](N)CCO. The summed E-state index contributed by atoms with van der Waals surface area (Å²) in [7, 11) is 0. The molecule has 3 N–H and O–H groups in total. The average molecular weight is 205 g/mol. The molecule has 14 heavy (non-hydrogen) atoms. The third-order valence-electron chi connectivity index (χ3n) is 1.56. The van der Waals surface area contributed by atoms with Crippen LogP contribution in [0.3, 0.4) is 0 Å². The van der Waals surface area contributed by atoms with E-state index in [1.165, 1.54) is 0 Å². The van der Waals surface area contributed by atoms with Crippen molar-refractivity contribution in [3.05, 3.63) is 0 Å². The molecule has 0 aliphatic heterocycles. The summed E-state index contributed by atoms with van der Waals surface area (Å²) in [6.45, 7) is 3.18. The average Bonchev–Trinajstić information content (AvgIpc) is 2.17. The topological polar surface area (TPSA) is 81.8 Å². The van der Waals surface area contributed by atoms with Gasteiger partial charge < -0.3 is 20.3 Å². The molecular formula is C9H19NO4. The Bertz CT molecular complexity index is 152. The molecule has 0 heterocycles. The summed E-state index contributed by atoms with van der Waals surface area (Å²) in [4.78, 5) is 11.1. The van der Waals surface area contributed by atoms with E-state index in [-0.39, 0.29) is 19.6 Å². The zero-order chi connectivity index (χ0) is 10.8. The molecule has 0 rings (SSSR count). The first kappa shape index (κ1) is 13.4. The minimum Gasteiger partial charge on any atom is -0.462 e. The standard InChI is InChI=1S/C9H19NO4/c1-2-5-13-6-7-14-9(12)8(10)3-4-11/h8,11H,2-7,10H2,1H3/t8-/m1/s1. The maximum Gasteiger partial charge on any atom is 0.323 e. The van der Waals surface area contributed by atoms with Gasteiger partial charge in [0.15, 0.2) is 0 Å². The fraction of sp³-hybridized carbons (Fsp3) is 0.889. The van der Waals surface area contributed by atoms with Crippen LogP contribution in [-0.4, -0.2) is 43.5 Å². The maximum atomic E-state index is 11.1. The largest absolute Gasteiger partial charge is 0.462 e. The first-order chi connectivity index (χ1) is 6.72. The van der Waals surface area contributed by atoms with Gasteiger partial charge in [0, 0.05) is 13.2 Å². The van der Waals surface area contributed by atoms with Gasteiger partial charge in [0.1, 0.15) is 12.6 Å². The molecule has 0 aromatic carbocycles. The van der Waals surface area contributed by atoms with Crippen molar-refractivity contribution in [1.29, 1.82) is 0 Å². The van der Waals surface area contributed by atoms with Gasteiger partial charge >= 0.3 is 5.97 Å². The molecule has 0 fully saturated rings. The van der Waals surface area contributed by atoms with Crippen molar-refractivity contribution in [3.63, 3.8) is 0 Å². The van der Waals surface area contributed by atoms with Crippen LogP contribution in [0.15, 0.2) is 0 Å². The van der Waals surface area contributed by atoms with E-state index in [9.17, 15) is 4.79 Å². The third-order valence-corrected chi connectivity index (χ3v) is 1.56. The molecule has 5 nitrogen and oxygen atoms in total. The highest BCUT2D eigenvalue weighted by Gasteiger charge is 2.13. The van der Waals surface area contributed by atoms with E-state index in [0.717, 1.165) is 6.42 Å². The summed E-state index contributed by atoms with van der Waals surface area (Å²) in [6.07, 6.45) is 1.17. The quantitative estimate of drug-likeness (QED) is 0.418. The van der Waals surface area contributed by atoms with Crippen molar-refractivity contribution in [2.24, 2.45) is 5.73 Å². The lowest BCUT2D eigenvalue weighted by Gasteiger charge is -2.09. The van der Waals surface area contributed by atoms with Gasteiger partial charge in [-0.2, -0.15) is 0 Å². The van der Waals surface area contributed by atoms with Crippen LogP contribution >= 0.6 is 0 Å². The number of esters is 1. The summed E-state index contributed by atoms with van der Waals surface area (Å²) in [5.41, 5.74) is 5.39. The highest BCUT2D eigenvalue weighted by Crippen LogP contribution is 1.91. The number of nitrogens with two attached hydrogens (primary N) is 1. The first-order valence-electron chi connectivity index (χ1n) is 4.83. The van der Waals surface area contributed by atoms with E-state index >= 15 is 0 Å². The third kappa shape index (κ3) is 6.82. The molecule has 5 heteroatoms. The molecular weight excluding hydrogens is 186 g/mol. The first-order valence-corrected chi connectivity index (χ1v) is 4.83. The molecule has 0 unspecified atom stereocenters. The Balaban J connectivity index is 3.34. The molecule has 0 saturated carbocycles. The van der Waals surface area contributed by atoms with Crippen LogP contribution in [0.25, 0.3) is 0 Å². The molecule has 0 aliphatic carbocycles. The zero-order valence-corrected chi connectivity index (χ0v) is 8.57. The minimum absolute atomic E-state index is 0.109. The van der Waals surface area contributed by atoms with Gasteiger partial charge in [0.2, 0.25) is 0 Å². The van der Waals surface area contributed by atoms with Crippen molar-refractivity contribution < 1.29 is 19.4 Å². The lowest BCUT2D eigenvalue weighted by Crippen LogP contribution is -2.33. The Morgan fingerprint density at radius 2 is 2.14 bits per heavy atom. The van der Waals surface area contributed by atoms with Crippen molar-refractivity contribution in [1.82, 2.24) is 0 Å². The van der Waals surface area contributed by atoms with Crippen molar-refractivity contribution in [3.8, 4) is 0 Å². The minimum atomic E-state index is -0.730. The Kier molecular flexibility index (Phi) is 8.51. The molecule has 84 valence electrons. The Labute approximate surface area is 84.2 Å². The number of hydrogen-bond donors (Lipinski definition) is 2. The number of ether oxygens (including phenoxy) is 2. The molecule has 0 spiro atoms. The van der Waals surface area contributed by atoms with Crippen molar-refractivity contribution >= 4 is 5.97 Å². The van der Waals surface area contributed by atoms with E-state index in [4.69, 9.17) is 20.3 Å². The number of rotatable bonds is 8. The summed E-state index contributed by atoms with van der Waals surface area (Å²) >= 11 is 0. The van der Waals surface area contributed by atoms with Gasteiger partial charge in [0.25, 0.3) is 0 Å². The summed E-state index contributed by atoms with van der Waals surface area (Å²) in [5.74, 6) is -0.487. The van der Waals surface area contributed by atoms with Gasteiger partial charge in [0.05, 0.1) is 6.61 Å². The van der Waals surface area contributed by atoms with Crippen LogP contribution in [0, 0.1) is 0 Å². The molecule has 1 atom stereocenters. The number of aliphatic hydroxyl groups excluding tert-OH is 1. The predicted octanol–water partition coefficient (Wildman–Crippen LogP) is -0.334. The second kappa shape index (κ2) is 8.93. The maximum absolute atomic E-state index is 11.1. The van der Waals surface area contributed by atoms with Crippen LogP contribution in [0.2, 0.25) is 0 Å². The highest BCUT2D eigenvalue weighted by molar-refractivity contribution is 5.75. The number of carbonyl (C=O) groups is 1. The van der Waals surface area contributed by atoms with Crippen LogP contribution in [0.1, 0.15) is 19.8 Å². The predicted molar refractivity (Wildman–Crippen MR) is 51.7 cm³/mol. The lowest BCUT2D eigenvalue weighted by atomic mass is 10.2. The van der Waals surface area contributed by atoms with E-state index in [1.54, 1.807) is 0 Å². The van der Waals surface area contributed by atoms with Crippen LogP contribution < -0.4 is 5.73 Å². The lowest BCUT2D eigenvalue weighted by molar-refractivity contribution is -0.147. The summed E-state index contributed by atoms with van der Waals surface area (Å²) in [6, 6.07) is -0.730. The molecule has 0 amide bonds. The van der Waals surface area contributed by atoms with Gasteiger partial charge in [-0.15, -0.1) is 0 Å². The molecule has 0 radical (unpaired) electrons. The van der Waals surface area contributed by atoms with E-state index < -0.39 is 12.0 Å². The second-order valence-electron chi connectivity index (χ2n) is 2.90. The van der Waals surface area contributed by atoms with Crippen LogP contribution in [0.5, 0.6) is 0 Å². The smallest absolute Gasteiger partial charge is 0.323 e. The van der Waals surface area contributed by atoms with E-state index in [1.807, 2.05) is 6.92 Å². The van der Waals surface area contributed by atoms with E-state index in [2.05, 4.69) is 0 Å². The molecule has 0 aliphatic rings. The highest BCUT2D eigenvalue weighted by atomic mass is 16.6. The Hall–Kier alpha value is -0.650. The fourth-order valence-electron chi connectivity index (χ4n) is 0.812. The number of carbonyl (C=O) groups excluding carboxylic acids is 1. The molecule has 0 aromatic heterocycles. The number of aliphatic hydroxyl groups is 1.